The Balaban J connectivity index is 0.00000300. The normalized spacial score (nSPS) is 10.8. The highest BCUT2D eigenvalue weighted by atomic mass is 35.5. The molecule has 0 aliphatic heterocycles. The van der Waals surface area contributed by atoms with Gasteiger partial charge >= 0.3 is 5.97 Å². The molecule has 3 aromatic rings. The second-order valence-corrected chi connectivity index (χ2v) is 7.82. The summed E-state index contributed by atoms with van der Waals surface area (Å²) in [4.78, 5) is 11.3. The van der Waals surface area contributed by atoms with Crippen molar-refractivity contribution in [1.82, 2.24) is 0 Å². The zero-order chi connectivity index (χ0) is 20.3. The number of carboxylic acid groups (broad SMARTS) is 1. The molecule has 1 heterocycles. The fourth-order valence-corrected chi connectivity index (χ4v) is 4.11. The number of nitrogens with two attached hydrogens (primary N) is 1. The molecule has 0 atom stereocenters. The first-order chi connectivity index (χ1) is 13.3. The Kier molecular flexibility index (Phi) is 7.02. The average Bonchev–Trinajstić information content (AvgIpc) is 3.15. The maximum Gasteiger partial charge on any atom is 0.337 e. The van der Waals surface area contributed by atoms with Crippen molar-refractivity contribution in [3.8, 4) is 0 Å². The van der Waals surface area contributed by atoms with E-state index in [1.165, 1.54) is 24.5 Å². The van der Waals surface area contributed by atoms with Gasteiger partial charge in [0.05, 0.1) is 40.5 Å². The van der Waals surface area contributed by atoms with E-state index in [1.807, 2.05) is 0 Å². The summed E-state index contributed by atoms with van der Waals surface area (Å²) in [6.45, 7) is 0.203. The van der Waals surface area contributed by atoms with Gasteiger partial charge in [0.1, 0.15) is 10.7 Å². The molecule has 0 bridgehead atoms. The smallest absolute Gasteiger partial charge is 0.337 e. The molecule has 0 fully saturated rings. The van der Waals surface area contributed by atoms with Crippen LogP contribution in [0.1, 0.15) is 16.1 Å². The van der Waals surface area contributed by atoms with Crippen molar-refractivity contribution in [1.29, 1.82) is 0 Å². The molecule has 0 amide bonds. The SMILES string of the molecule is Cl.Nc1ccccc1NS(=O)(=O)c1cc(C(=O)O)c(NCc2ccco2)cc1Cl. The second-order valence-electron chi connectivity index (χ2n) is 5.76. The van der Waals surface area contributed by atoms with Crippen molar-refractivity contribution < 1.29 is 22.7 Å². The van der Waals surface area contributed by atoms with Crippen LogP contribution in [-0.4, -0.2) is 19.5 Å². The highest BCUT2D eigenvalue weighted by Crippen LogP contribution is 2.31. The lowest BCUT2D eigenvalue weighted by Gasteiger charge is -2.15. The third-order valence-corrected chi connectivity index (χ3v) is 5.66. The van der Waals surface area contributed by atoms with Gasteiger partial charge in [-0.3, -0.25) is 4.72 Å². The molecule has 0 saturated heterocycles. The van der Waals surface area contributed by atoms with Crippen LogP contribution in [0.5, 0.6) is 0 Å². The van der Waals surface area contributed by atoms with Gasteiger partial charge in [0, 0.05) is 0 Å². The molecular formula is C18H17Cl2N3O5S. The minimum atomic E-state index is -4.17. The number of anilines is 3. The maximum atomic E-state index is 12.7. The van der Waals surface area contributed by atoms with Crippen molar-refractivity contribution >= 4 is 57.1 Å². The summed E-state index contributed by atoms with van der Waals surface area (Å²) in [5.41, 5.74) is 6.05. The predicted octanol–water partition coefficient (Wildman–Crippen LogP) is 4.05. The maximum absolute atomic E-state index is 12.7. The summed E-state index contributed by atoms with van der Waals surface area (Å²) < 4.78 is 33.0. The minimum absolute atomic E-state index is 0. The first-order valence-electron chi connectivity index (χ1n) is 7.98. The predicted molar refractivity (Wildman–Crippen MR) is 113 cm³/mol. The van der Waals surface area contributed by atoms with Crippen LogP contribution >= 0.6 is 24.0 Å². The lowest BCUT2D eigenvalue weighted by Crippen LogP contribution is -2.16. The Hall–Kier alpha value is -2.88. The third-order valence-electron chi connectivity index (χ3n) is 3.83. The van der Waals surface area contributed by atoms with Gasteiger partial charge in [0.2, 0.25) is 0 Å². The van der Waals surface area contributed by atoms with Crippen LogP contribution in [0.2, 0.25) is 5.02 Å². The Labute approximate surface area is 178 Å². The van der Waals surface area contributed by atoms with E-state index in [0.717, 1.165) is 6.07 Å². The molecule has 0 unspecified atom stereocenters. The van der Waals surface area contributed by atoms with Crippen molar-refractivity contribution in [2.24, 2.45) is 0 Å². The summed E-state index contributed by atoms with van der Waals surface area (Å²) >= 11 is 6.15. The summed E-state index contributed by atoms with van der Waals surface area (Å²) in [6, 6.07) is 11.9. The number of nitrogens with one attached hydrogen (secondary N) is 2. The molecule has 29 heavy (non-hydrogen) atoms. The fourth-order valence-electron chi connectivity index (χ4n) is 2.47. The first-order valence-corrected chi connectivity index (χ1v) is 9.84. The number of sulfonamides is 1. The minimum Gasteiger partial charge on any atom is -0.478 e. The van der Waals surface area contributed by atoms with Gasteiger partial charge in [-0.1, -0.05) is 23.7 Å². The Bertz CT molecular complexity index is 1120. The molecule has 8 nitrogen and oxygen atoms in total. The Morgan fingerprint density at radius 1 is 1.14 bits per heavy atom. The van der Waals surface area contributed by atoms with E-state index in [4.69, 9.17) is 21.8 Å². The van der Waals surface area contributed by atoms with E-state index in [9.17, 15) is 18.3 Å². The number of halogens is 2. The summed E-state index contributed by atoms with van der Waals surface area (Å²) in [5, 5.41) is 12.2. The highest BCUT2D eigenvalue weighted by molar-refractivity contribution is 7.92. The monoisotopic (exact) mass is 457 g/mol. The Morgan fingerprint density at radius 3 is 2.48 bits per heavy atom. The number of carboxylic acids is 1. The number of aromatic carboxylic acids is 1. The van der Waals surface area contributed by atoms with Gasteiger partial charge < -0.3 is 20.6 Å². The molecule has 5 N–H and O–H groups in total. The zero-order valence-electron chi connectivity index (χ0n) is 14.8. The third kappa shape index (κ3) is 5.14. The van der Waals surface area contributed by atoms with Gasteiger partial charge in [-0.25, -0.2) is 13.2 Å². The van der Waals surface area contributed by atoms with Gasteiger partial charge in [-0.05, 0) is 36.4 Å². The highest BCUT2D eigenvalue weighted by Gasteiger charge is 2.23. The van der Waals surface area contributed by atoms with E-state index in [-0.39, 0.29) is 51.5 Å². The van der Waals surface area contributed by atoms with Gasteiger partial charge in [0.25, 0.3) is 10.0 Å². The molecule has 1 aromatic heterocycles. The largest absolute Gasteiger partial charge is 0.478 e. The number of benzene rings is 2. The molecule has 0 aliphatic rings. The number of hydrogen-bond donors (Lipinski definition) is 4. The van der Waals surface area contributed by atoms with Crippen molar-refractivity contribution in [2.45, 2.75) is 11.4 Å². The number of hydrogen-bond acceptors (Lipinski definition) is 6. The quantitative estimate of drug-likeness (QED) is 0.393. The van der Waals surface area contributed by atoms with E-state index in [1.54, 1.807) is 24.3 Å². The van der Waals surface area contributed by atoms with Crippen molar-refractivity contribution in [3.05, 3.63) is 71.1 Å². The Morgan fingerprint density at radius 2 is 1.86 bits per heavy atom. The van der Waals surface area contributed by atoms with Crippen molar-refractivity contribution in [3.63, 3.8) is 0 Å². The molecule has 0 aliphatic carbocycles. The van der Waals surface area contributed by atoms with E-state index >= 15 is 0 Å². The number of para-hydroxylation sites is 2. The summed E-state index contributed by atoms with van der Waals surface area (Å²) in [5.74, 6) is -0.736. The van der Waals surface area contributed by atoms with Crippen LogP contribution in [-0.2, 0) is 16.6 Å². The average molecular weight is 458 g/mol. The number of nitrogen functional groups attached to an aromatic ring is 1. The first kappa shape index (κ1) is 22.4. The number of rotatable bonds is 7. The molecule has 0 radical (unpaired) electrons. The standard InChI is InChI=1S/C18H16ClN3O5S.ClH/c19-13-9-16(21-10-11-4-3-7-27-11)12(18(23)24)8-17(13)28(25,26)22-15-6-2-1-5-14(15)20;/h1-9,21-22H,10,20H2,(H,23,24);1H. The van der Waals surface area contributed by atoms with Crippen LogP contribution in [0.3, 0.4) is 0 Å². The molecule has 0 spiro atoms. The topological polar surface area (TPSA) is 135 Å². The van der Waals surface area contributed by atoms with Crippen molar-refractivity contribution in [2.75, 3.05) is 15.8 Å². The molecule has 2 aromatic carbocycles. The van der Waals surface area contributed by atoms with Crippen LogP contribution in [0.15, 0.2) is 64.1 Å². The number of carbonyl (C=O) groups is 1. The molecule has 154 valence electrons. The molecule has 0 saturated carbocycles. The van der Waals surface area contributed by atoms with E-state index in [0.29, 0.717) is 5.76 Å². The van der Waals surface area contributed by atoms with Gasteiger partial charge in [-0.15, -0.1) is 12.4 Å². The zero-order valence-corrected chi connectivity index (χ0v) is 17.1. The summed E-state index contributed by atoms with van der Waals surface area (Å²) in [6.07, 6.45) is 1.48. The number of furan rings is 1. The fraction of sp³-hybridized carbons (Fsp3) is 0.0556. The molecule has 11 heteroatoms. The lowest BCUT2D eigenvalue weighted by molar-refractivity contribution is 0.0697. The van der Waals surface area contributed by atoms with Crippen LogP contribution in [0, 0.1) is 0 Å². The van der Waals surface area contributed by atoms with E-state index < -0.39 is 16.0 Å². The van der Waals surface area contributed by atoms with Gasteiger partial charge in [-0.2, -0.15) is 0 Å². The van der Waals surface area contributed by atoms with Crippen LogP contribution < -0.4 is 15.8 Å². The second kappa shape index (κ2) is 9.08. The van der Waals surface area contributed by atoms with Gasteiger partial charge in [0.15, 0.2) is 0 Å². The summed E-state index contributed by atoms with van der Waals surface area (Å²) in [7, 11) is -4.17. The van der Waals surface area contributed by atoms with E-state index in [2.05, 4.69) is 10.0 Å². The van der Waals surface area contributed by atoms with Crippen LogP contribution in [0.4, 0.5) is 17.1 Å². The lowest BCUT2D eigenvalue weighted by atomic mass is 10.1. The molecular weight excluding hydrogens is 441 g/mol. The van der Waals surface area contributed by atoms with Crippen LogP contribution in [0.25, 0.3) is 0 Å². The molecule has 3 rings (SSSR count).